The summed E-state index contributed by atoms with van der Waals surface area (Å²) in [6.45, 7) is 2.46. The molecule has 1 atom stereocenters. The van der Waals surface area contributed by atoms with Crippen LogP contribution in [-0.4, -0.2) is 54.9 Å². The van der Waals surface area contributed by atoms with Gasteiger partial charge in [-0.15, -0.1) is 0 Å². The molecule has 0 bridgehead atoms. The van der Waals surface area contributed by atoms with Gasteiger partial charge in [-0.2, -0.15) is 11.8 Å². The minimum Gasteiger partial charge on any atom is -0.490 e. The lowest BCUT2D eigenvalue weighted by atomic mass is 10.0. The lowest BCUT2D eigenvalue weighted by Crippen LogP contribution is -2.43. The maximum absolute atomic E-state index is 13.3. The second-order valence-electron chi connectivity index (χ2n) is 8.26. The SMILES string of the molecule is CSCCC(NC(=O)COc1ccc2c(=O)c(-c3ccc4c(c3)OCCCO4)c(C)oc2c1)C(=O)O. The minimum absolute atomic E-state index is 0.203. The number of carboxylic acid groups (broad SMARTS) is 1. The fourth-order valence-electron chi connectivity index (χ4n) is 3.91. The van der Waals surface area contributed by atoms with Gasteiger partial charge < -0.3 is 29.1 Å². The maximum Gasteiger partial charge on any atom is 0.326 e. The lowest BCUT2D eigenvalue weighted by Gasteiger charge is -2.14. The molecule has 2 heterocycles. The third kappa shape index (κ3) is 5.76. The van der Waals surface area contributed by atoms with Gasteiger partial charge in [-0.05, 0) is 55.2 Å². The first kappa shape index (κ1) is 25.4. The van der Waals surface area contributed by atoms with Gasteiger partial charge in [0.2, 0.25) is 5.43 Å². The molecule has 0 saturated carbocycles. The molecule has 190 valence electrons. The predicted molar refractivity (Wildman–Crippen MR) is 136 cm³/mol. The standard InChI is InChI=1S/C26H27NO8S/c1-15-24(16-4-7-20-22(12-16)33-10-3-9-32-20)25(29)18-6-5-17(13-21(18)35-15)34-14-23(28)27-19(26(30)31)8-11-36-2/h4-7,12-13,19H,3,8-11,14H2,1-2H3,(H,27,28)(H,30,31). The molecule has 1 aromatic heterocycles. The number of nitrogens with one attached hydrogen (secondary N) is 1. The summed E-state index contributed by atoms with van der Waals surface area (Å²) in [6.07, 6.45) is 2.96. The van der Waals surface area contributed by atoms with Crippen molar-refractivity contribution in [3.8, 4) is 28.4 Å². The van der Waals surface area contributed by atoms with Crippen LogP contribution in [0.1, 0.15) is 18.6 Å². The van der Waals surface area contributed by atoms with Gasteiger partial charge in [-0.3, -0.25) is 9.59 Å². The van der Waals surface area contributed by atoms with Crippen LogP contribution in [0.15, 0.2) is 45.6 Å². The van der Waals surface area contributed by atoms with Crippen LogP contribution in [0.25, 0.3) is 22.1 Å². The Balaban J connectivity index is 1.52. The summed E-state index contributed by atoms with van der Waals surface area (Å²) in [7, 11) is 0. The average molecular weight is 514 g/mol. The highest BCUT2D eigenvalue weighted by Gasteiger charge is 2.20. The predicted octanol–water partition coefficient (Wildman–Crippen LogP) is 3.63. The highest BCUT2D eigenvalue weighted by Crippen LogP contribution is 2.35. The van der Waals surface area contributed by atoms with E-state index in [4.69, 9.17) is 18.6 Å². The van der Waals surface area contributed by atoms with E-state index in [0.29, 0.717) is 70.5 Å². The molecule has 1 amide bonds. The fourth-order valence-corrected chi connectivity index (χ4v) is 4.38. The summed E-state index contributed by atoms with van der Waals surface area (Å²) in [4.78, 5) is 36.9. The zero-order valence-electron chi connectivity index (χ0n) is 20.0. The van der Waals surface area contributed by atoms with E-state index >= 15 is 0 Å². The number of fused-ring (bicyclic) bond motifs is 2. The van der Waals surface area contributed by atoms with Crippen molar-refractivity contribution in [2.75, 3.05) is 31.8 Å². The molecule has 36 heavy (non-hydrogen) atoms. The summed E-state index contributed by atoms with van der Waals surface area (Å²) in [6, 6.07) is 9.09. The number of carbonyl (C=O) groups is 2. The van der Waals surface area contributed by atoms with Gasteiger partial charge in [0.05, 0.1) is 24.2 Å². The van der Waals surface area contributed by atoms with E-state index in [1.54, 1.807) is 37.3 Å². The van der Waals surface area contributed by atoms with Gasteiger partial charge in [0.25, 0.3) is 5.91 Å². The molecule has 0 aliphatic carbocycles. The van der Waals surface area contributed by atoms with Crippen LogP contribution >= 0.6 is 11.8 Å². The number of benzene rings is 2. The second kappa shape index (κ2) is 11.4. The molecule has 10 heteroatoms. The van der Waals surface area contributed by atoms with Gasteiger partial charge in [0.1, 0.15) is 23.1 Å². The van der Waals surface area contributed by atoms with E-state index < -0.39 is 17.9 Å². The molecule has 2 N–H and O–H groups in total. The number of rotatable bonds is 9. The van der Waals surface area contributed by atoms with E-state index in [1.807, 2.05) is 6.26 Å². The molecule has 0 spiro atoms. The number of aliphatic carboxylic acids is 1. The van der Waals surface area contributed by atoms with Crippen molar-refractivity contribution in [3.05, 3.63) is 52.4 Å². The third-order valence-electron chi connectivity index (χ3n) is 5.69. The Morgan fingerprint density at radius 1 is 1.14 bits per heavy atom. The maximum atomic E-state index is 13.3. The van der Waals surface area contributed by atoms with Crippen LogP contribution < -0.4 is 25.0 Å². The molecule has 1 unspecified atom stereocenters. The topological polar surface area (TPSA) is 124 Å². The number of aryl methyl sites for hydroxylation is 1. The molecule has 9 nitrogen and oxygen atoms in total. The van der Waals surface area contributed by atoms with E-state index in [1.165, 1.54) is 17.8 Å². The van der Waals surface area contributed by atoms with Crippen LogP contribution in [0.3, 0.4) is 0 Å². The monoisotopic (exact) mass is 513 g/mol. The molecule has 1 aliphatic heterocycles. The van der Waals surface area contributed by atoms with Crippen LogP contribution in [0, 0.1) is 6.92 Å². The van der Waals surface area contributed by atoms with Crippen LogP contribution in [0.4, 0.5) is 0 Å². The van der Waals surface area contributed by atoms with Crippen molar-refractivity contribution in [1.82, 2.24) is 5.32 Å². The summed E-state index contributed by atoms with van der Waals surface area (Å²) >= 11 is 1.50. The fraction of sp³-hybridized carbons (Fsp3) is 0.346. The van der Waals surface area contributed by atoms with Gasteiger partial charge in [0.15, 0.2) is 18.1 Å². The number of hydrogen-bond acceptors (Lipinski definition) is 8. The first-order valence-electron chi connectivity index (χ1n) is 11.5. The summed E-state index contributed by atoms with van der Waals surface area (Å²) in [5.41, 5.74) is 1.21. The molecule has 0 radical (unpaired) electrons. The van der Waals surface area contributed by atoms with Crippen LogP contribution in [-0.2, 0) is 9.59 Å². The van der Waals surface area contributed by atoms with E-state index in [2.05, 4.69) is 5.32 Å². The highest BCUT2D eigenvalue weighted by molar-refractivity contribution is 7.98. The van der Waals surface area contributed by atoms with Crippen molar-refractivity contribution in [2.45, 2.75) is 25.8 Å². The van der Waals surface area contributed by atoms with Crippen molar-refractivity contribution in [2.24, 2.45) is 0 Å². The van der Waals surface area contributed by atoms with Crippen molar-refractivity contribution in [3.63, 3.8) is 0 Å². The number of carbonyl (C=O) groups excluding carboxylic acids is 1. The number of ether oxygens (including phenoxy) is 3. The van der Waals surface area contributed by atoms with Crippen molar-refractivity contribution >= 4 is 34.6 Å². The van der Waals surface area contributed by atoms with Gasteiger partial charge >= 0.3 is 5.97 Å². The summed E-state index contributed by atoms with van der Waals surface area (Å²) in [5.74, 6) is 0.939. The Morgan fingerprint density at radius 3 is 2.67 bits per heavy atom. The Bertz CT molecular complexity index is 1340. The molecule has 0 saturated heterocycles. The molecular formula is C26H27NO8S. The largest absolute Gasteiger partial charge is 0.490 e. The highest BCUT2D eigenvalue weighted by atomic mass is 32.2. The van der Waals surface area contributed by atoms with Crippen molar-refractivity contribution in [1.29, 1.82) is 0 Å². The third-order valence-corrected chi connectivity index (χ3v) is 6.33. The second-order valence-corrected chi connectivity index (χ2v) is 9.25. The van der Waals surface area contributed by atoms with Gasteiger partial charge in [0, 0.05) is 12.5 Å². The molecule has 0 fully saturated rings. The lowest BCUT2D eigenvalue weighted by molar-refractivity contribution is -0.142. The van der Waals surface area contributed by atoms with E-state index in [-0.39, 0.29) is 12.0 Å². The number of amides is 1. The number of thioether (sulfide) groups is 1. The molecule has 3 aromatic rings. The minimum atomic E-state index is -1.09. The van der Waals surface area contributed by atoms with Crippen LogP contribution in [0.5, 0.6) is 17.2 Å². The average Bonchev–Trinajstić information content (AvgIpc) is 3.10. The number of carboxylic acids is 1. The van der Waals surface area contributed by atoms with Gasteiger partial charge in [-0.1, -0.05) is 6.07 Å². The molecule has 4 rings (SSSR count). The normalized spacial score (nSPS) is 13.6. The smallest absolute Gasteiger partial charge is 0.326 e. The Morgan fingerprint density at radius 2 is 1.92 bits per heavy atom. The van der Waals surface area contributed by atoms with Crippen molar-refractivity contribution < 1.29 is 33.3 Å². The van der Waals surface area contributed by atoms with E-state index in [0.717, 1.165) is 6.42 Å². The first-order valence-corrected chi connectivity index (χ1v) is 12.9. The number of hydrogen-bond donors (Lipinski definition) is 2. The quantitative estimate of drug-likeness (QED) is 0.441. The summed E-state index contributed by atoms with van der Waals surface area (Å²) in [5, 5.41) is 12.1. The van der Waals surface area contributed by atoms with Crippen LogP contribution in [0.2, 0.25) is 0 Å². The zero-order chi connectivity index (χ0) is 25.7. The van der Waals surface area contributed by atoms with E-state index in [9.17, 15) is 19.5 Å². The Hall–Kier alpha value is -3.66. The molecule has 1 aliphatic rings. The van der Waals surface area contributed by atoms with Gasteiger partial charge in [-0.25, -0.2) is 4.79 Å². The zero-order valence-corrected chi connectivity index (χ0v) is 20.8. The Kier molecular flexibility index (Phi) is 8.04. The molecular weight excluding hydrogens is 486 g/mol. The Labute approximate surface area is 211 Å². The molecule has 2 aromatic carbocycles. The summed E-state index contributed by atoms with van der Waals surface area (Å²) < 4.78 is 22.9. The first-order chi connectivity index (χ1) is 17.4.